The largest absolute Gasteiger partial charge is 0.303 e. The molecule has 0 aliphatic carbocycles. The third-order valence-electron chi connectivity index (χ3n) is 4.28. The minimum Gasteiger partial charge on any atom is -0.303 e. The third kappa shape index (κ3) is 5.67. The lowest BCUT2D eigenvalue weighted by Gasteiger charge is -2.26. The smallest absolute Gasteiger partial charge is 0.0991 e. The second-order valence-electron chi connectivity index (χ2n) is 6.00. The molecular weight excluding hydrogens is 316 g/mol. The van der Waals surface area contributed by atoms with Crippen molar-refractivity contribution in [2.24, 2.45) is 0 Å². The Morgan fingerprint density at radius 1 is 1.00 bits per heavy atom. The first-order chi connectivity index (χ1) is 11.3. The van der Waals surface area contributed by atoms with E-state index in [4.69, 9.17) is 0 Å². The van der Waals surface area contributed by atoms with Gasteiger partial charge in [-0.25, -0.2) is 0 Å². The maximum Gasteiger partial charge on any atom is 0.0991 e. The zero-order chi connectivity index (χ0) is 16.5. The summed E-state index contributed by atoms with van der Waals surface area (Å²) in [6.45, 7) is 4.47. The molecular formula is C21H27ClN2. The van der Waals surface area contributed by atoms with E-state index in [0.29, 0.717) is 11.6 Å². The van der Waals surface area contributed by atoms with Gasteiger partial charge in [-0.2, -0.15) is 5.26 Å². The van der Waals surface area contributed by atoms with E-state index in [-0.39, 0.29) is 18.4 Å². The van der Waals surface area contributed by atoms with Crippen LogP contribution in [0.4, 0.5) is 0 Å². The summed E-state index contributed by atoms with van der Waals surface area (Å²) in [6, 6.07) is 21.3. The molecule has 3 heteroatoms. The fraction of sp³-hybridized carbons (Fsp3) is 0.381. The van der Waals surface area contributed by atoms with Crippen LogP contribution in [0.5, 0.6) is 0 Å². The van der Waals surface area contributed by atoms with E-state index in [9.17, 15) is 5.26 Å². The molecule has 0 amide bonds. The lowest BCUT2D eigenvalue weighted by atomic mass is 9.95. The van der Waals surface area contributed by atoms with Crippen LogP contribution < -0.4 is 5.32 Å². The maximum atomic E-state index is 9.19. The van der Waals surface area contributed by atoms with Gasteiger partial charge in [-0.1, -0.05) is 69.2 Å². The van der Waals surface area contributed by atoms with Crippen LogP contribution in [0.2, 0.25) is 0 Å². The predicted molar refractivity (Wildman–Crippen MR) is 103 cm³/mol. The Kier molecular flexibility index (Phi) is 9.15. The van der Waals surface area contributed by atoms with Crippen molar-refractivity contribution in [1.29, 1.82) is 5.26 Å². The van der Waals surface area contributed by atoms with Gasteiger partial charge in [-0.15, -0.1) is 12.4 Å². The van der Waals surface area contributed by atoms with E-state index in [1.54, 1.807) is 0 Å². The summed E-state index contributed by atoms with van der Waals surface area (Å²) in [4.78, 5) is 0. The standard InChI is InChI=1S/C21H26N2.ClH/c1-3-5-14-20(4-2)23-21(18-11-7-6-8-12-18)19-13-9-10-17(15-19)16-22;/h6-13,15,20-21,23H,3-5,14H2,1-2H3;1H. The van der Waals surface area contributed by atoms with Crippen molar-refractivity contribution in [2.75, 3.05) is 0 Å². The Morgan fingerprint density at radius 3 is 2.33 bits per heavy atom. The molecule has 128 valence electrons. The van der Waals surface area contributed by atoms with Crippen molar-refractivity contribution < 1.29 is 0 Å². The highest BCUT2D eigenvalue weighted by molar-refractivity contribution is 5.85. The van der Waals surface area contributed by atoms with Gasteiger partial charge in [0.15, 0.2) is 0 Å². The summed E-state index contributed by atoms with van der Waals surface area (Å²) in [7, 11) is 0. The maximum absolute atomic E-state index is 9.19. The molecule has 2 aromatic rings. The van der Waals surface area contributed by atoms with Crippen molar-refractivity contribution in [3.63, 3.8) is 0 Å². The average molecular weight is 343 g/mol. The molecule has 0 aliphatic heterocycles. The highest BCUT2D eigenvalue weighted by Gasteiger charge is 2.18. The molecule has 2 atom stereocenters. The Labute approximate surface area is 152 Å². The quantitative estimate of drug-likeness (QED) is 0.675. The molecule has 2 rings (SSSR count). The monoisotopic (exact) mass is 342 g/mol. The number of benzene rings is 2. The predicted octanol–water partition coefficient (Wildman–Crippen LogP) is 5.63. The molecule has 1 N–H and O–H groups in total. The van der Waals surface area contributed by atoms with Crippen LogP contribution in [0.3, 0.4) is 0 Å². The van der Waals surface area contributed by atoms with Gasteiger partial charge in [-0.3, -0.25) is 0 Å². The minimum atomic E-state index is 0. The SMILES string of the molecule is CCCCC(CC)NC(c1ccccc1)c1cccc(C#N)c1.Cl. The van der Waals surface area contributed by atoms with E-state index in [1.165, 1.54) is 24.8 Å². The van der Waals surface area contributed by atoms with Crippen molar-refractivity contribution in [3.8, 4) is 6.07 Å². The second-order valence-corrected chi connectivity index (χ2v) is 6.00. The lowest BCUT2D eigenvalue weighted by Crippen LogP contribution is -2.33. The summed E-state index contributed by atoms with van der Waals surface area (Å²) >= 11 is 0. The van der Waals surface area contributed by atoms with E-state index >= 15 is 0 Å². The number of nitriles is 1. The number of nitrogens with zero attached hydrogens (tertiary/aromatic N) is 1. The van der Waals surface area contributed by atoms with Gasteiger partial charge in [-0.05, 0) is 36.1 Å². The van der Waals surface area contributed by atoms with Gasteiger partial charge in [0.25, 0.3) is 0 Å². The fourth-order valence-electron chi connectivity index (χ4n) is 2.91. The van der Waals surface area contributed by atoms with Gasteiger partial charge in [0.1, 0.15) is 0 Å². The van der Waals surface area contributed by atoms with Crippen molar-refractivity contribution >= 4 is 12.4 Å². The van der Waals surface area contributed by atoms with Crippen LogP contribution in [-0.4, -0.2) is 6.04 Å². The number of hydrogen-bond acceptors (Lipinski definition) is 2. The van der Waals surface area contributed by atoms with E-state index in [2.05, 4.69) is 55.6 Å². The molecule has 0 aliphatic rings. The minimum absolute atomic E-state index is 0. The zero-order valence-corrected chi connectivity index (χ0v) is 15.4. The summed E-state index contributed by atoms with van der Waals surface area (Å²) in [5.41, 5.74) is 3.12. The first kappa shape index (κ1) is 20.2. The number of halogens is 1. The average Bonchev–Trinajstić information content (AvgIpc) is 2.63. The van der Waals surface area contributed by atoms with Gasteiger partial charge in [0.2, 0.25) is 0 Å². The van der Waals surface area contributed by atoms with Crippen molar-refractivity contribution in [1.82, 2.24) is 5.32 Å². The molecule has 2 aromatic carbocycles. The van der Waals surface area contributed by atoms with Crippen LogP contribution >= 0.6 is 12.4 Å². The molecule has 0 bridgehead atoms. The first-order valence-corrected chi connectivity index (χ1v) is 8.59. The molecule has 0 saturated carbocycles. The van der Waals surface area contributed by atoms with Gasteiger partial charge < -0.3 is 5.32 Å². The molecule has 0 saturated heterocycles. The topological polar surface area (TPSA) is 35.8 Å². The van der Waals surface area contributed by atoms with Crippen LogP contribution in [0.15, 0.2) is 54.6 Å². The van der Waals surface area contributed by atoms with Crippen LogP contribution in [-0.2, 0) is 0 Å². The summed E-state index contributed by atoms with van der Waals surface area (Å²) in [5, 5.41) is 13.0. The van der Waals surface area contributed by atoms with Crippen LogP contribution in [0.1, 0.15) is 62.3 Å². The van der Waals surface area contributed by atoms with Gasteiger partial charge >= 0.3 is 0 Å². The number of hydrogen-bond donors (Lipinski definition) is 1. The molecule has 24 heavy (non-hydrogen) atoms. The third-order valence-corrected chi connectivity index (χ3v) is 4.28. The van der Waals surface area contributed by atoms with Crippen molar-refractivity contribution in [3.05, 3.63) is 71.3 Å². The van der Waals surface area contributed by atoms with Crippen LogP contribution in [0, 0.1) is 11.3 Å². The Bertz CT molecular complexity index is 634. The fourth-order valence-corrected chi connectivity index (χ4v) is 2.91. The van der Waals surface area contributed by atoms with E-state index in [0.717, 1.165) is 12.0 Å². The Morgan fingerprint density at radius 2 is 1.71 bits per heavy atom. The number of unbranched alkanes of at least 4 members (excludes halogenated alkanes) is 1. The second kappa shape index (κ2) is 10.9. The molecule has 0 radical (unpaired) electrons. The van der Waals surface area contributed by atoms with E-state index in [1.807, 2.05) is 24.3 Å². The van der Waals surface area contributed by atoms with Crippen molar-refractivity contribution in [2.45, 2.75) is 51.6 Å². The highest BCUT2D eigenvalue weighted by Crippen LogP contribution is 2.24. The summed E-state index contributed by atoms with van der Waals surface area (Å²) in [5.74, 6) is 0. The zero-order valence-electron chi connectivity index (χ0n) is 14.5. The van der Waals surface area contributed by atoms with Crippen LogP contribution in [0.25, 0.3) is 0 Å². The summed E-state index contributed by atoms with van der Waals surface area (Å²) in [6.07, 6.45) is 4.76. The van der Waals surface area contributed by atoms with E-state index < -0.39 is 0 Å². The molecule has 2 unspecified atom stereocenters. The number of rotatable bonds is 8. The lowest BCUT2D eigenvalue weighted by molar-refractivity contribution is 0.422. The summed E-state index contributed by atoms with van der Waals surface area (Å²) < 4.78 is 0. The molecule has 0 spiro atoms. The normalized spacial score (nSPS) is 12.7. The molecule has 0 aromatic heterocycles. The first-order valence-electron chi connectivity index (χ1n) is 8.59. The Hall–Kier alpha value is -1.82. The highest BCUT2D eigenvalue weighted by atomic mass is 35.5. The van der Waals surface area contributed by atoms with Gasteiger partial charge in [0, 0.05) is 6.04 Å². The van der Waals surface area contributed by atoms with Gasteiger partial charge in [0.05, 0.1) is 17.7 Å². The Balaban J connectivity index is 0.00000288. The number of nitrogens with one attached hydrogen (secondary N) is 1. The molecule has 2 nitrogen and oxygen atoms in total. The molecule has 0 fully saturated rings. The molecule has 0 heterocycles.